The van der Waals surface area contributed by atoms with Crippen molar-refractivity contribution in [2.45, 2.75) is 32.2 Å². The van der Waals surface area contributed by atoms with Crippen LogP contribution in [0.1, 0.15) is 24.8 Å². The molecule has 0 spiro atoms. The van der Waals surface area contributed by atoms with E-state index in [1.807, 2.05) is 17.9 Å². The molecule has 0 aromatic carbocycles. The highest BCUT2D eigenvalue weighted by Gasteiger charge is 2.28. The molecule has 1 fully saturated rings. The molecule has 1 atom stereocenters. The number of pyridine rings is 1. The minimum absolute atomic E-state index is 0.212. The predicted molar refractivity (Wildman–Crippen MR) is 70.9 cm³/mol. The Bertz CT molecular complexity index is 436. The summed E-state index contributed by atoms with van der Waals surface area (Å²) in [6.45, 7) is 2.85. The van der Waals surface area contributed by atoms with Crippen molar-refractivity contribution < 1.29 is 4.79 Å². The normalized spacial score (nSPS) is 20.4. The van der Waals surface area contributed by atoms with Crippen LogP contribution in [0.2, 0.25) is 0 Å². The second kappa shape index (κ2) is 5.04. The van der Waals surface area contributed by atoms with E-state index in [-0.39, 0.29) is 11.9 Å². The number of carbonyl (C=O) groups excluding carboxylic acids is 1. The molecule has 4 nitrogen and oxygen atoms in total. The van der Waals surface area contributed by atoms with Crippen molar-refractivity contribution in [3.63, 3.8) is 0 Å². The van der Waals surface area contributed by atoms with Crippen molar-refractivity contribution in [1.29, 1.82) is 0 Å². The molecule has 1 unspecified atom stereocenters. The number of piperidine rings is 1. The second-order valence-electron chi connectivity index (χ2n) is 4.40. The number of nitrogens with zero attached hydrogens (tertiary/aromatic N) is 2. The molecule has 0 bridgehead atoms. The molecular weight excluding hydrogens is 282 g/mol. The number of amides is 1. The second-order valence-corrected chi connectivity index (χ2v) is 5.32. The van der Waals surface area contributed by atoms with Crippen LogP contribution in [0.15, 0.2) is 16.7 Å². The highest BCUT2D eigenvalue weighted by Crippen LogP contribution is 2.27. The van der Waals surface area contributed by atoms with Crippen LogP contribution in [-0.4, -0.2) is 23.5 Å². The average molecular weight is 298 g/mol. The van der Waals surface area contributed by atoms with Gasteiger partial charge in [-0.25, -0.2) is 4.98 Å². The van der Waals surface area contributed by atoms with Crippen molar-refractivity contribution in [2.75, 3.05) is 11.4 Å². The molecule has 2 rings (SSSR count). The molecule has 2 N–H and O–H groups in total. The molecule has 0 saturated carbocycles. The Balaban J connectivity index is 2.32. The molecule has 17 heavy (non-hydrogen) atoms. The van der Waals surface area contributed by atoms with Gasteiger partial charge in [-0.2, -0.15) is 0 Å². The van der Waals surface area contributed by atoms with Crippen molar-refractivity contribution in [3.8, 4) is 0 Å². The molecule has 1 aromatic heterocycles. The molecule has 92 valence electrons. The fraction of sp³-hybridized carbons (Fsp3) is 0.500. The number of hydrogen-bond acceptors (Lipinski definition) is 3. The van der Waals surface area contributed by atoms with E-state index >= 15 is 0 Å². The zero-order valence-corrected chi connectivity index (χ0v) is 11.4. The Kier molecular flexibility index (Phi) is 3.66. The lowest BCUT2D eigenvalue weighted by molar-refractivity contribution is -0.119. The third-order valence-corrected chi connectivity index (χ3v) is 3.55. The summed E-state index contributed by atoms with van der Waals surface area (Å²) in [6, 6.07) is 1.80. The highest BCUT2D eigenvalue weighted by atomic mass is 79.9. The first kappa shape index (κ1) is 12.4. The van der Waals surface area contributed by atoms with Gasteiger partial charge < -0.3 is 10.6 Å². The third kappa shape index (κ3) is 2.60. The summed E-state index contributed by atoms with van der Waals surface area (Å²) in [7, 11) is 0. The number of carbonyl (C=O) groups is 1. The van der Waals surface area contributed by atoms with Crippen LogP contribution in [-0.2, 0) is 4.79 Å². The molecule has 1 saturated heterocycles. The largest absolute Gasteiger partial charge is 0.368 e. The van der Waals surface area contributed by atoms with Gasteiger partial charge in [0, 0.05) is 17.2 Å². The van der Waals surface area contributed by atoms with Crippen LogP contribution in [0.4, 0.5) is 5.82 Å². The summed E-state index contributed by atoms with van der Waals surface area (Å²) in [4.78, 5) is 17.9. The molecule has 0 radical (unpaired) electrons. The SMILES string of the molecule is Cc1cc(Br)cnc1N1CCCCC1C(N)=O. The van der Waals surface area contributed by atoms with E-state index < -0.39 is 0 Å². The Morgan fingerprint density at radius 3 is 3.00 bits per heavy atom. The van der Waals surface area contributed by atoms with Gasteiger partial charge in [-0.15, -0.1) is 0 Å². The Labute approximate surface area is 109 Å². The van der Waals surface area contributed by atoms with E-state index in [1.165, 1.54) is 0 Å². The van der Waals surface area contributed by atoms with Crippen LogP contribution < -0.4 is 10.6 Å². The summed E-state index contributed by atoms with van der Waals surface area (Å²) >= 11 is 3.39. The third-order valence-electron chi connectivity index (χ3n) is 3.12. The van der Waals surface area contributed by atoms with E-state index in [0.717, 1.165) is 41.7 Å². The molecule has 5 heteroatoms. The fourth-order valence-corrected chi connectivity index (χ4v) is 2.76. The Morgan fingerprint density at radius 1 is 1.59 bits per heavy atom. The quantitative estimate of drug-likeness (QED) is 0.908. The molecular formula is C12H16BrN3O. The first-order chi connectivity index (χ1) is 8.09. The van der Waals surface area contributed by atoms with Crippen molar-refractivity contribution in [2.24, 2.45) is 5.73 Å². The maximum absolute atomic E-state index is 11.5. The summed E-state index contributed by atoms with van der Waals surface area (Å²) in [5.41, 5.74) is 6.52. The lowest BCUT2D eigenvalue weighted by Crippen LogP contribution is -2.48. The van der Waals surface area contributed by atoms with E-state index in [4.69, 9.17) is 5.73 Å². The van der Waals surface area contributed by atoms with Gasteiger partial charge in [0.2, 0.25) is 5.91 Å². The highest BCUT2D eigenvalue weighted by molar-refractivity contribution is 9.10. The Hall–Kier alpha value is -1.10. The number of primary amides is 1. The van der Waals surface area contributed by atoms with E-state index in [1.54, 1.807) is 6.20 Å². The van der Waals surface area contributed by atoms with Gasteiger partial charge in [0.15, 0.2) is 0 Å². The summed E-state index contributed by atoms with van der Waals surface area (Å²) in [6.07, 6.45) is 4.72. The monoisotopic (exact) mass is 297 g/mol. The van der Waals surface area contributed by atoms with Gasteiger partial charge >= 0.3 is 0 Å². The molecule has 1 amide bonds. The van der Waals surface area contributed by atoms with Gasteiger partial charge in [-0.05, 0) is 53.7 Å². The van der Waals surface area contributed by atoms with Crippen molar-refractivity contribution in [3.05, 3.63) is 22.3 Å². The van der Waals surface area contributed by atoms with Crippen LogP contribution >= 0.6 is 15.9 Å². The first-order valence-corrected chi connectivity index (χ1v) is 6.57. The molecule has 2 heterocycles. The smallest absolute Gasteiger partial charge is 0.240 e. The van der Waals surface area contributed by atoms with Gasteiger partial charge in [0.1, 0.15) is 11.9 Å². The number of anilines is 1. The van der Waals surface area contributed by atoms with Crippen LogP contribution in [0.5, 0.6) is 0 Å². The maximum atomic E-state index is 11.5. The first-order valence-electron chi connectivity index (χ1n) is 5.77. The van der Waals surface area contributed by atoms with Crippen molar-refractivity contribution >= 4 is 27.7 Å². The average Bonchev–Trinajstić information content (AvgIpc) is 2.29. The van der Waals surface area contributed by atoms with Crippen molar-refractivity contribution in [1.82, 2.24) is 4.98 Å². The van der Waals surface area contributed by atoms with Gasteiger partial charge in [0.25, 0.3) is 0 Å². The Morgan fingerprint density at radius 2 is 2.35 bits per heavy atom. The summed E-state index contributed by atoms with van der Waals surface area (Å²) in [5.74, 6) is 0.616. The number of hydrogen-bond donors (Lipinski definition) is 1. The van der Waals surface area contributed by atoms with Crippen LogP contribution in [0.3, 0.4) is 0 Å². The number of nitrogens with two attached hydrogens (primary N) is 1. The fourth-order valence-electron chi connectivity index (χ4n) is 2.31. The number of aromatic nitrogens is 1. The minimum atomic E-state index is -0.256. The zero-order valence-electron chi connectivity index (χ0n) is 9.82. The summed E-state index contributed by atoms with van der Waals surface area (Å²) in [5, 5.41) is 0. The predicted octanol–water partition coefficient (Wildman–Crippen LogP) is 2.00. The van der Waals surface area contributed by atoms with Gasteiger partial charge in [0.05, 0.1) is 0 Å². The molecule has 1 aromatic rings. The van der Waals surface area contributed by atoms with E-state index in [2.05, 4.69) is 20.9 Å². The summed E-state index contributed by atoms with van der Waals surface area (Å²) < 4.78 is 0.950. The van der Waals surface area contributed by atoms with Gasteiger partial charge in [-0.1, -0.05) is 0 Å². The topological polar surface area (TPSA) is 59.2 Å². The lowest BCUT2D eigenvalue weighted by atomic mass is 10.0. The zero-order chi connectivity index (χ0) is 12.4. The number of rotatable bonds is 2. The molecule has 1 aliphatic heterocycles. The van der Waals surface area contributed by atoms with E-state index in [0.29, 0.717) is 0 Å². The number of aryl methyl sites for hydroxylation is 1. The minimum Gasteiger partial charge on any atom is -0.368 e. The van der Waals surface area contributed by atoms with Crippen LogP contribution in [0, 0.1) is 6.92 Å². The van der Waals surface area contributed by atoms with Crippen LogP contribution in [0.25, 0.3) is 0 Å². The maximum Gasteiger partial charge on any atom is 0.240 e. The van der Waals surface area contributed by atoms with E-state index in [9.17, 15) is 4.79 Å². The lowest BCUT2D eigenvalue weighted by Gasteiger charge is -2.35. The molecule has 0 aliphatic carbocycles. The van der Waals surface area contributed by atoms with Gasteiger partial charge in [-0.3, -0.25) is 4.79 Å². The number of halogens is 1. The standard InChI is InChI=1S/C12H16BrN3O/c1-8-6-9(13)7-15-12(8)16-5-3-2-4-10(16)11(14)17/h6-7,10H,2-5H2,1H3,(H2,14,17). The molecule has 1 aliphatic rings.